The lowest BCUT2D eigenvalue weighted by molar-refractivity contribution is -0.120. The Bertz CT molecular complexity index is 591. The number of benzene rings is 1. The van der Waals surface area contributed by atoms with Crippen molar-refractivity contribution in [1.82, 2.24) is 10.5 Å². The van der Waals surface area contributed by atoms with Crippen molar-refractivity contribution in [1.29, 1.82) is 0 Å². The molecule has 0 aliphatic heterocycles. The molecule has 7 heteroatoms. The summed E-state index contributed by atoms with van der Waals surface area (Å²) >= 11 is 0. The molecule has 0 bridgehead atoms. The maximum absolute atomic E-state index is 11.7. The molecule has 0 atom stereocenters. The van der Waals surface area contributed by atoms with Gasteiger partial charge in [0, 0.05) is 11.6 Å². The lowest BCUT2D eigenvalue weighted by Crippen LogP contribution is -2.24. The second-order valence-corrected chi connectivity index (χ2v) is 4.13. The molecule has 104 valence electrons. The topological polar surface area (TPSA) is 114 Å². The summed E-state index contributed by atoms with van der Waals surface area (Å²) < 4.78 is 4.67. The van der Waals surface area contributed by atoms with Crippen molar-refractivity contribution in [3.05, 3.63) is 53.4 Å². The number of oxime groups is 1. The summed E-state index contributed by atoms with van der Waals surface area (Å²) in [6.07, 6.45) is 1.70. The quantitative estimate of drug-likeness (QED) is 0.320. The van der Waals surface area contributed by atoms with Gasteiger partial charge in [-0.05, 0) is 5.56 Å². The van der Waals surface area contributed by atoms with Gasteiger partial charge in [-0.15, -0.1) is 0 Å². The molecule has 0 fully saturated rings. The minimum Gasteiger partial charge on any atom is -0.409 e. The Labute approximate surface area is 115 Å². The predicted octanol–water partition coefficient (Wildman–Crippen LogP) is 0.628. The average molecular weight is 274 g/mol. The highest BCUT2D eigenvalue weighted by Crippen LogP contribution is 2.05. The van der Waals surface area contributed by atoms with E-state index >= 15 is 0 Å². The normalized spacial score (nSPS) is 11.3. The number of nitrogens with zero attached hydrogens (tertiary/aromatic N) is 2. The van der Waals surface area contributed by atoms with Crippen LogP contribution in [0, 0.1) is 0 Å². The molecule has 0 aliphatic carbocycles. The number of amidine groups is 1. The highest BCUT2D eigenvalue weighted by Gasteiger charge is 2.05. The Morgan fingerprint density at radius 1 is 1.35 bits per heavy atom. The first-order chi connectivity index (χ1) is 9.69. The molecule has 4 N–H and O–H groups in total. The third-order valence-corrected chi connectivity index (χ3v) is 2.68. The van der Waals surface area contributed by atoms with Gasteiger partial charge in [-0.1, -0.05) is 34.6 Å². The highest BCUT2D eigenvalue weighted by atomic mass is 16.5. The van der Waals surface area contributed by atoms with Crippen molar-refractivity contribution in [2.45, 2.75) is 13.0 Å². The fourth-order valence-corrected chi connectivity index (χ4v) is 1.62. The SMILES string of the molecule is N/C(=N/O)c1ccc(CC(=O)NCc2ccon2)cc1. The summed E-state index contributed by atoms with van der Waals surface area (Å²) in [5.74, 6) is -0.0865. The number of carbonyl (C=O) groups is 1. The van der Waals surface area contributed by atoms with Gasteiger partial charge in [0.2, 0.25) is 5.91 Å². The smallest absolute Gasteiger partial charge is 0.224 e. The monoisotopic (exact) mass is 274 g/mol. The van der Waals surface area contributed by atoms with Crippen LogP contribution in [0.4, 0.5) is 0 Å². The standard InChI is InChI=1S/C13H14N4O3/c14-13(16-19)10-3-1-9(2-4-10)7-12(18)15-8-11-5-6-20-17-11/h1-6,19H,7-8H2,(H2,14,16)(H,15,18). The maximum Gasteiger partial charge on any atom is 0.224 e. The molecule has 20 heavy (non-hydrogen) atoms. The molecule has 1 amide bonds. The van der Waals surface area contributed by atoms with Crippen molar-refractivity contribution in [3.63, 3.8) is 0 Å². The Kier molecular flexibility index (Phi) is 4.33. The molecule has 0 spiro atoms. The number of amides is 1. The first kappa shape index (κ1) is 13.6. The van der Waals surface area contributed by atoms with Crippen LogP contribution in [0.5, 0.6) is 0 Å². The zero-order valence-electron chi connectivity index (χ0n) is 10.6. The second kappa shape index (κ2) is 6.37. The number of carbonyl (C=O) groups excluding carboxylic acids is 1. The van der Waals surface area contributed by atoms with E-state index in [0.29, 0.717) is 17.8 Å². The molecular weight excluding hydrogens is 260 g/mol. The second-order valence-electron chi connectivity index (χ2n) is 4.13. The zero-order chi connectivity index (χ0) is 14.4. The lowest BCUT2D eigenvalue weighted by Gasteiger charge is -2.04. The molecule has 7 nitrogen and oxygen atoms in total. The zero-order valence-corrected chi connectivity index (χ0v) is 10.6. The Morgan fingerprint density at radius 3 is 2.70 bits per heavy atom. The molecular formula is C13H14N4O3. The van der Waals surface area contributed by atoms with Gasteiger partial charge in [-0.3, -0.25) is 4.79 Å². The van der Waals surface area contributed by atoms with Gasteiger partial charge in [0.05, 0.1) is 13.0 Å². The van der Waals surface area contributed by atoms with Crippen LogP contribution in [0.2, 0.25) is 0 Å². The van der Waals surface area contributed by atoms with Crippen molar-refractivity contribution in [2.75, 3.05) is 0 Å². The molecule has 0 unspecified atom stereocenters. The minimum absolute atomic E-state index is 0.0343. The number of nitrogens with one attached hydrogen (secondary N) is 1. The van der Waals surface area contributed by atoms with Crippen LogP contribution >= 0.6 is 0 Å². The molecule has 2 rings (SSSR count). The van der Waals surface area contributed by atoms with Crippen LogP contribution in [0.3, 0.4) is 0 Å². The molecule has 1 aromatic carbocycles. The van der Waals surface area contributed by atoms with Gasteiger partial charge in [-0.25, -0.2) is 0 Å². The number of hydrogen-bond acceptors (Lipinski definition) is 5. The van der Waals surface area contributed by atoms with Gasteiger partial charge in [0.25, 0.3) is 0 Å². The molecule has 0 saturated heterocycles. The van der Waals surface area contributed by atoms with E-state index < -0.39 is 0 Å². The first-order valence-electron chi connectivity index (χ1n) is 5.92. The van der Waals surface area contributed by atoms with E-state index in [9.17, 15) is 4.79 Å². The fraction of sp³-hybridized carbons (Fsp3) is 0.154. The van der Waals surface area contributed by atoms with Gasteiger partial charge in [0.1, 0.15) is 12.0 Å². The van der Waals surface area contributed by atoms with Crippen LogP contribution in [-0.2, 0) is 17.8 Å². The van der Waals surface area contributed by atoms with E-state index in [1.807, 2.05) is 0 Å². The lowest BCUT2D eigenvalue weighted by atomic mass is 10.1. The predicted molar refractivity (Wildman–Crippen MR) is 71.0 cm³/mol. The van der Waals surface area contributed by atoms with E-state index in [1.165, 1.54) is 6.26 Å². The summed E-state index contributed by atoms with van der Waals surface area (Å²) in [5, 5.41) is 17.9. The van der Waals surface area contributed by atoms with Crippen LogP contribution in [0.25, 0.3) is 0 Å². The van der Waals surface area contributed by atoms with E-state index in [4.69, 9.17) is 10.9 Å². The van der Waals surface area contributed by atoms with Crippen LogP contribution in [0.15, 0.2) is 46.3 Å². The number of hydrogen-bond donors (Lipinski definition) is 3. The van der Waals surface area contributed by atoms with Crippen LogP contribution in [0.1, 0.15) is 16.8 Å². The third kappa shape index (κ3) is 3.58. The van der Waals surface area contributed by atoms with E-state index in [0.717, 1.165) is 5.56 Å². The van der Waals surface area contributed by atoms with E-state index in [-0.39, 0.29) is 18.2 Å². The van der Waals surface area contributed by atoms with Gasteiger partial charge >= 0.3 is 0 Å². The number of rotatable bonds is 5. The summed E-state index contributed by atoms with van der Waals surface area (Å²) in [4.78, 5) is 11.7. The molecule has 1 aromatic heterocycles. The molecule has 1 heterocycles. The number of aromatic nitrogens is 1. The first-order valence-corrected chi connectivity index (χ1v) is 5.92. The summed E-state index contributed by atoms with van der Waals surface area (Å²) in [5.41, 5.74) is 7.55. The molecule has 2 aromatic rings. The Morgan fingerprint density at radius 2 is 2.10 bits per heavy atom. The molecule has 0 saturated carbocycles. The van der Waals surface area contributed by atoms with E-state index in [1.54, 1.807) is 30.3 Å². The number of nitrogens with two attached hydrogens (primary N) is 1. The van der Waals surface area contributed by atoms with E-state index in [2.05, 4.69) is 20.2 Å². The molecule has 0 aliphatic rings. The Balaban J connectivity index is 1.88. The van der Waals surface area contributed by atoms with Crippen LogP contribution < -0.4 is 11.1 Å². The Hall–Kier alpha value is -2.83. The molecule has 0 radical (unpaired) electrons. The van der Waals surface area contributed by atoms with Crippen molar-refractivity contribution >= 4 is 11.7 Å². The van der Waals surface area contributed by atoms with Crippen molar-refractivity contribution in [3.8, 4) is 0 Å². The van der Waals surface area contributed by atoms with Crippen molar-refractivity contribution in [2.24, 2.45) is 10.9 Å². The van der Waals surface area contributed by atoms with Gasteiger partial charge in [-0.2, -0.15) is 0 Å². The van der Waals surface area contributed by atoms with Crippen LogP contribution in [-0.4, -0.2) is 22.1 Å². The summed E-state index contributed by atoms with van der Waals surface area (Å²) in [7, 11) is 0. The average Bonchev–Trinajstić information content (AvgIpc) is 2.98. The third-order valence-electron chi connectivity index (χ3n) is 2.68. The maximum atomic E-state index is 11.7. The fourth-order valence-electron chi connectivity index (χ4n) is 1.62. The van der Waals surface area contributed by atoms with Gasteiger partial charge in [0.15, 0.2) is 5.84 Å². The minimum atomic E-state index is -0.121. The van der Waals surface area contributed by atoms with Gasteiger partial charge < -0.3 is 20.8 Å². The van der Waals surface area contributed by atoms with Crippen molar-refractivity contribution < 1.29 is 14.5 Å². The summed E-state index contributed by atoms with van der Waals surface area (Å²) in [6.45, 7) is 0.331. The largest absolute Gasteiger partial charge is 0.409 e. The summed E-state index contributed by atoms with van der Waals surface area (Å²) in [6, 6.07) is 8.57. The highest BCUT2D eigenvalue weighted by molar-refractivity contribution is 5.97.